The van der Waals surface area contributed by atoms with Crippen molar-refractivity contribution in [2.45, 2.75) is 13.0 Å². The van der Waals surface area contributed by atoms with Crippen LogP contribution in [0, 0.1) is 5.41 Å². The minimum Gasteiger partial charge on any atom is -0.491 e. The second kappa shape index (κ2) is 7.59. The van der Waals surface area contributed by atoms with Crippen LogP contribution in [0.25, 0.3) is 10.9 Å². The normalized spacial score (nSPS) is 18.6. The van der Waals surface area contributed by atoms with E-state index in [1.165, 1.54) is 0 Å². The SMILES string of the molecule is COc1c(OCCCN2CCS(=O)(=O)CC2)ccc2c3n(c(=N)nc12)CCN3. The summed E-state index contributed by atoms with van der Waals surface area (Å²) in [5.41, 5.74) is 0.815. The van der Waals surface area contributed by atoms with Crippen molar-refractivity contribution >= 4 is 26.6 Å². The molecule has 28 heavy (non-hydrogen) atoms. The Morgan fingerprint density at radius 3 is 2.79 bits per heavy atom. The van der Waals surface area contributed by atoms with Crippen LogP contribution >= 0.6 is 0 Å². The molecule has 152 valence electrons. The van der Waals surface area contributed by atoms with Gasteiger partial charge in [0.2, 0.25) is 5.62 Å². The van der Waals surface area contributed by atoms with Gasteiger partial charge >= 0.3 is 0 Å². The van der Waals surface area contributed by atoms with Gasteiger partial charge in [-0.3, -0.25) is 9.98 Å². The summed E-state index contributed by atoms with van der Waals surface area (Å²) in [6.07, 6.45) is 0.792. The van der Waals surface area contributed by atoms with Crippen LogP contribution in [0.3, 0.4) is 0 Å². The highest BCUT2D eigenvalue weighted by molar-refractivity contribution is 7.91. The van der Waals surface area contributed by atoms with Crippen LogP contribution in [-0.2, 0) is 16.4 Å². The molecule has 4 rings (SSSR count). The second-order valence-corrected chi connectivity index (χ2v) is 9.35. The van der Waals surface area contributed by atoms with Crippen LogP contribution in [0.4, 0.5) is 5.82 Å². The fourth-order valence-electron chi connectivity index (χ4n) is 3.72. The van der Waals surface area contributed by atoms with Crippen molar-refractivity contribution in [1.29, 1.82) is 5.41 Å². The van der Waals surface area contributed by atoms with E-state index in [1.54, 1.807) is 7.11 Å². The molecule has 0 amide bonds. The molecule has 1 fully saturated rings. The summed E-state index contributed by atoms with van der Waals surface area (Å²) in [5.74, 6) is 2.51. The van der Waals surface area contributed by atoms with Crippen molar-refractivity contribution in [3.63, 3.8) is 0 Å². The predicted octanol–water partition coefficient (Wildman–Crippen LogP) is 0.449. The summed E-state index contributed by atoms with van der Waals surface area (Å²) >= 11 is 0. The lowest BCUT2D eigenvalue weighted by Crippen LogP contribution is -2.40. The van der Waals surface area contributed by atoms with Crippen molar-refractivity contribution in [2.75, 3.05) is 56.7 Å². The van der Waals surface area contributed by atoms with E-state index in [1.807, 2.05) is 16.7 Å². The first-order chi connectivity index (χ1) is 13.5. The molecule has 0 unspecified atom stereocenters. The summed E-state index contributed by atoms with van der Waals surface area (Å²) in [6, 6.07) is 3.82. The molecule has 0 bridgehead atoms. The first-order valence-corrected chi connectivity index (χ1v) is 11.3. The summed E-state index contributed by atoms with van der Waals surface area (Å²) in [6.45, 7) is 3.99. The Hall–Kier alpha value is -2.33. The number of nitrogens with zero attached hydrogens (tertiary/aromatic N) is 3. The minimum absolute atomic E-state index is 0.197. The molecule has 1 saturated heterocycles. The van der Waals surface area contributed by atoms with Gasteiger partial charge < -0.3 is 19.7 Å². The molecule has 1 aromatic heterocycles. The van der Waals surface area contributed by atoms with Gasteiger partial charge in [-0.2, -0.15) is 0 Å². The van der Waals surface area contributed by atoms with Crippen molar-refractivity contribution < 1.29 is 17.9 Å². The Morgan fingerprint density at radius 1 is 1.25 bits per heavy atom. The summed E-state index contributed by atoms with van der Waals surface area (Å²) < 4.78 is 36.3. The van der Waals surface area contributed by atoms with Crippen LogP contribution in [0.15, 0.2) is 12.1 Å². The maximum absolute atomic E-state index is 11.5. The van der Waals surface area contributed by atoms with E-state index in [2.05, 4.69) is 15.2 Å². The maximum atomic E-state index is 11.5. The molecule has 9 nitrogen and oxygen atoms in total. The fourth-order valence-corrected chi connectivity index (χ4v) is 5.00. The lowest BCUT2D eigenvalue weighted by atomic mass is 10.2. The third-order valence-corrected chi connectivity index (χ3v) is 6.85. The number of methoxy groups -OCH3 is 1. The molecule has 2 aliphatic heterocycles. The number of nitrogens with one attached hydrogen (secondary N) is 2. The van der Waals surface area contributed by atoms with Gasteiger partial charge in [-0.1, -0.05) is 0 Å². The van der Waals surface area contributed by atoms with Crippen LogP contribution < -0.4 is 20.4 Å². The highest BCUT2D eigenvalue weighted by Gasteiger charge is 2.22. The lowest BCUT2D eigenvalue weighted by molar-refractivity contribution is 0.240. The third kappa shape index (κ3) is 3.66. The van der Waals surface area contributed by atoms with Crippen molar-refractivity contribution in [3.05, 3.63) is 17.8 Å². The fraction of sp³-hybridized carbons (Fsp3) is 0.556. The maximum Gasteiger partial charge on any atom is 0.224 e. The van der Waals surface area contributed by atoms with Gasteiger partial charge in [-0.05, 0) is 18.6 Å². The number of hydrogen-bond donors (Lipinski definition) is 2. The summed E-state index contributed by atoms with van der Waals surface area (Å²) in [7, 11) is -1.27. The largest absolute Gasteiger partial charge is 0.491 e. The number of aromatic nitrogens is 2. The number of ether oxygens (including phenoxy) is 2. The van der Waals surface area contributed by atoms with E-state index in [0.717, 1.165) is 37.3 Å². The predicted molar refractivity (Wildman–Crippen MR) is 106 cm³/mol. The molecule has 2 N–H and O–H groups in total. The van der Waals surface area contributed by atoms with E-state index in [4.69, 9.17) is 14.9 Å². The lowest BCUT2D eigenvalue weighted by Gasteiger charge is -2.26. The van der Waals surface area contributed by atoms with E-state index in [-0.39, 0.29) is 17.1 Å². The van der Waals surface area contributed by atoms with Gasteiger partial charge in [0.15, 0.2) is 21.3 Å². The smallest absolute Gasteiger partial charge is 0.224 e. The van der Waals surface area contributed by atoms with Crippen LogP contribution in [0.1, 0.15) is 6.42 Å². The topological polar surface area (TPSA) is 110 Å². The molecule has 0 spiro atoms. The Kier molecular flexibility index (Phi) is 5.15. The zero-order valence-electron chi connectivity index (χ0n) is 15.9. The molecule has 0 atom stereocenters. The molecule has 0 radical (unpaired) electrons. The van der Waals surface area contributed by atoms with Crippen LogP contribution in [0.5, 0.6) is 11.5 Å². The van der Waals surface area contributed by atoms with Gasteiger partial charge in [0.25, 0.3) is 0 Å². The van der Waals surface area contributed by atoms with Crippen molar-refractivity contribution in [2.24, 2.45) is 0 Å². The van der Waals surface area contributed by atoms with Gasteiger partial charge in [0.1, 0.15) is 11.3 Å². The first kappa shape index (κ1) is 19.0. The van der Waals surface area contributed by atoms with E-state index < -0.39 is 9.84 Å². The summed E-state index contributed by atoms with van der Waals surface area (Å²) in [5, 5.41) is 12.4. The number of rotatable bonds is 6. The molecule has 1 aromatic carbocycles. The first-order valence-electron chi connectivity index (χ1n) is 9.44. The average Bonchev–Trinajstić information content (AvgIpc) is 3.17. The molecular formula is C18H25N5O4S. The molecule has 2 aromatic rings. The molecule has 0 aliphatic carbocycles. The molecule has 0 saturated carbocycles. The Labute approximate surface area is 163 Å². The number of sulfone groups is 1. The standard InChI is InChI=1S/C18H25N5O4S/c1-26-16-14(27-10-2-6-22-8-11-28(24,25)12-9-22)4-3-13-15(16)21-18(19)23-7-5-20-17(13)23/h3-4,19-20H,2,5-12H2,1H3. The Balaban J connectivity index is 1.44. The van der Waals surface area contributed by atoms with Gasteiger partial charge in [-0.15, -0.1) is 0 Å². The summed E-state index contributed by atoms with van der Waals surface area (Å²) in [4.78, 5) is 6.57. The molecular weight excluding hydrogens is 382 g/mol. The minimum atomic E-state index is -2.85. The molecule has 10 heteroatoms. The van der Waals surface area contributed by atoms with Crippen molar-refractivity contribution in [3.8, 4) is 11.5 Å². The van der Waals surface area contributed by atoms with Gasteiger partial charge in [0.05, 0.1) is 25.2 Å². The number of hydrogen-bond acceptors (Lipinski definition) is 8. The quantitative estimate of drug-likeness (QED) is 0.669. The number of anilines is 1. The van der Waals surface area contributed by atoms with Gasteiger partial charge in [-0.25, -0.2) is 13.4 Å². The van der Waals surface area contributed by atoms with Crippen LogP contribution in [0.2, 0.25) is 0 Å². The zero-order chi connectivity index (χ0) is 19.7. The molecule has 3 heterocycles. The second-order valence-electron chi connectivity index (χ2n) is 7.05. The monoisotopic (exact) mass is 407 g/mol. The Morgan fingerprint density at radius 2 is 2.04 bits per heavy atom. The van der Waals surface area contributed by atoms with E-state index >= 15 is 0 Å². The van der Waals surface area contributed by atoms with E-state index in [0.29, 0.717) is 36.7 Å². The highest BCUT2D eigenvalue weighted by Crippen LogP contribution is 2.37. The van der Waals surface area contributed by atoms with Gasteiger partial charge in [0, 0.05) is 38.1 Å². The highest BCUT2D eigenvalue weighted by atomic mass is 32.2. The Bertz CT molecular complexity index is 1040. The van der Waals surface area contributed by atoms with Crippen molar-refractivity contribution in [1.82, 2.24) is 14.5 Å². The average molecular weight is 407 g/mol. The third-order valence-electron chi connectivity index (χ3n) is 5.24. The molecule has 2 aliphatic rings. The number of fused-ring (bicyclic) bond motifs is 3. The van der Waals surface area contributed by atoms with Crippen LogP contribution in [-0.4, -0.2) is 74.3 Å². The van der Waals surface area contributed by atoms with E-state index in [9.17, 15) is 8.42 Å². The zero-order valence-corrected chi connectivity index (χ0v) is 16.7. The number of benzene rings is 1.